The normalized spacial score (nSPS) is 10.0. The van der Waals surface area contributed by atoms with Crippen molar-refractivity contribution < 1.29 is 18.8 Å². The Morgan fingerprint density at radius 3 is 2.82 bits per heavy atom. The van der Waals surface area contributed by atoms with Gasteiger partial charge in [-0.2, -0.15) is 0 Å². The van der Waals surface area contributed by atoms with Gasteiger partial charge in [0, 0.05) is 13.0 Å². The van der Waals surface area contributed by atoms with Gasteiger partial charge in [-0.1, -0.05) is 5.16 Å². The summed E-state index contributed by atoms with van der Waals surface area (Å²) in [4.78, 5) is 22.4. The van der Waals surface area contributed by atoms with Crippen molar-refractivity contribution in [3.05, 3.63) is 17.5 Å². The van der Waals surface area contributed by atoms with E-state index in [1.165, 1.54) is 13.3 Å². The van der Waals surface area contributed by atoms with E-state index in [1.54, 1.807) is 6.92 Å². The molecule has 0 aliphatic carbocycles. The van der Waals surface area contributed by atoms with Gasteiger partial charge in [-0.25, -0.2) is 0 Å². The number of rotatable bonds is 6. The monoisotopic (exact) mass is 240 g/mol. The highest BCUT2D eigenvalue weighted by Crippen LogP contribution is 2.05. The largest absolute Gasteiger partial charge is 0.469 e. The van der Waals surface area contributed by atoms with Gasteiger partial charge in [0.1, 0.15) is 11.3 Å². The van der Waals surface area contributed by atoms with Gasteiger partial charge in [0.05, 0.1) is 13.3 Å². The molecule has 0 unspecified atom stereocenters. The summed E-state index contributed by atoms with van der Waals surface area (Å²) in [6.07, 6.45) is 3.18. The van der Waals surface area contributed by atoms with Crippen molar-refractivity contribution >= 4 is 11.9 Å². The molecule has 17 heavy (non-hydrogen) atoms. The molecule has 1 heterocycles. The SMILES string of the molecule is COC(=O)CCCCNC(=O)c1cnoc1C. The highest BCUT2D eigenvalue weighted by molar-refractivity contribution is 5.94. The number of amides is 1. The van der Waals surface area contributed by atoms with E-state index in [0.717, 1.165) is 6.42 Å². The minimum Gasteiger partial charge on any atom is -0.469 e. The summed E-state index contributed by atoms with van der Waals surface area (Å²) in [6.45, 7) is 2.19. The number of carbonyl (C=O) groups excluding carboxylic acids is 2. The van der Waals surface area contributed by atoms with Crippen LogP contribution < -0.4 is 5.32 Å². The van der Waals surface area contributed by atoms with Crippen LogP contribution in [0.3, 0.4) is 0 Å². The lowest BCUT2D eigenvalue weighted by molar-refractivity contribution is -0.140. The molecule has 0 saturated carbocycles. The van der Waals surface area contributed by atoms with Gasteiger partial charge in [0.2, 0.25) is 0 Å². The average molecular weight is 240 g/mol. The van der Waals surface area contributed by atoms with Crippen LogP contribution in [0.5, 0.6) is 0 Å². The fraction of sp³-hybridized carbons (Fsp3) is 0.545. The maximum absolute atomic E-state index is 11.6. The van der Waals surface area contributed by atoms with Crippen LogP contribution in [0.4, 0.5) is 0 Å². The predicted octanol–water partition coefficient (Wildman–Crippen LogP) is 1.06. The van der Waals surface area contributed by atoms with Gasteiger partial charge in [0.25, 0.3) is 5.91 Å². The molecule has 0 aliphatic heterocycles. The van der Waals surface area contributed by atoms with Crippen molar-refractivity contribution in [2.45, 2.75) is 26.2 Å². The first-order valence-corrected chi connectivity index (χ1v) is 5.41. The van der Waals surface area contributed by atoms with Gasteiger partial charge in [-0.05, 0) is 19.8 Å². The van der Waals surface area contributed by atoms with Gasteiger partial charge in [-0.15, -0.1) is 0 Å². The van der Waals surface area contributed by atoms with Crippen LogP contribution >= 0.6 is 0 Å². The number of hydrogen-bond donors (Lipinski definition) is 1. The summed E-state index contributed by atoms with van der Waals surface area (Å²) >= 11 is 0. The predicted molar refractivity (Wildman–Crippen MR) is 59.4 cm³/mol. The Hall–Kier alpha value is -1.85. The van der Waals surface area contributed by atoms with E-state index in [2.05, 4.69) is 15.2 Å². The van der Waals surface area contributed by atoms with E-state index in [9.17, 15) is 9.59 Å². The molecule has 0 atom stereocenters. The maximum atomic E-state index is 11.6. The maximum Gasteiger partial charge on any atom is 0.305 e. The number of esters is 1. The molecule has 0 aliphatic rings. The Labute approximate surface area is 99.3 Å². The number of aryl methyl sites for hydroxylation is 1. The Balaban J connectivity index is 2.17. The van der Waals surface area contributed by atoms with Crippen LogP contribution in [0.2, 0.25) is 0 Å². The summed E-state index contributed by atoms with van der Waals surface area (Å²) in [6, 6.07) is 0. The number of aromatic nitrogens is 1. The van der Waals surface area contributed by atoms with Gasteiger partial charge < -0.3 is 14.6 Å². The lowest BCUT2D eigenvalue weighted by Gasteiger charge is -2.03. The van der Waals surface area contributed by atoms with E-state index in [1.807, 2.05) is 0 Å². The second-order valence-electron chi connectivity index (χ2n) is 3.58. The standard InChI is InChI=1S/C11H16N2O4/c1-8-9(7-13-17-8)11(15)12-6-4-3-5-10(14)16-2/h7H,3-6H2,1-2H3,(H,12,15). The number of hydrogen-bond acceptors (Lipinski definition) is 5. The second kappa shape index (κ2) is 6.67. The molecule has 0 radical (unpaired) electrons. The highest BCUT2D eigenvalue weighted by Gasteiger charge is 2.11. The smallest absolute Gasteiger partial charge is 0.305 e. The van der Waals surface area contributed by atoms with Crippen molar-refractivity contribution in [2.24, 2.45) is 0 Å². The summed E-state index contributed by atoms with van der Waals surface area (Å²) in [5.41, 5.74) is 0.443. The number of unbranched alkanes of at least 4 members (excludes halogenated alkanes) is 1. The molecule has 1 aromatic rings. The van der Waals surface area contributed by atoms with Crippen molar-refractivity contribution in [1.82, 2.24) is 10.5 Å². The topological polar surface area (TPSA) is 81.4 Å². The lowest BCUT2D eigenvalue weighted by atomic mass is 10.2. The second-order valence-corrected chi connectivity index (χ2v) is 3.58. The van der Waals surface area contributed by atoms with Crippen LogP contribution in [0.1, 0.15) is 35.4 Å². The van der Waals surface area contributed by atoms with Crippen LogP contribution in [0, 0.1) is 6.92 Å². The minimum absolute atomic E-state index is 0.207. The van der Waals surface area contributed by atoms with E-state index >= 15 is 0 Å². The van der Waals surface area contributed by atoms with Crippen LogP contribution in [-0.2, 0) is 9.53 Å². The van der Waals surface area contributed by atoms with Crippen molar-refractivity contribution in [2.75, 3.05) is 13.7 Å². The molecule has 0 fully saturated rings. The quantitative estimate of drug-likeness (QED) is 0.594. The molecule has 1 aromatic heterocycles. The Kier molecular flexibility index (Phi) is 5.19. The number of ether oxygens (including phenoxy) is 1. The summed E-state index contributed by atoms with van der Waals surface area (Å²) in [5.74, 6) is 0.0603. The van der Waals surface area contributed by atoms with Gasteiger partial charge in [-0.3, -0.25) is 9.59 Å². The van der Waals surface area contributed by atoms with E-state index in [0.29, 0.717) is 30.7 Å². The molecule has 94 valence electrons. The molecule has 0 aromatic carbocycles. The van der Waals surface area contributed by atoms with Gasteiger partial charge in [0.15, 0.2) is 0 Å². The highest BCUT2D eigenvalue weighted by atomic mass is 16.5. The number of nitrogens with one attached hydrogen (secondary N) is 1. The van der Waals surface area contributed by atoms with Crippen LogP contribution in [-0.4, -0.2) is 30.7 Å². The zero-order chi connectivity index (χ0) is 12.7. The van der Waals surface area contributed by atoms with Crippen molar-refractivity contribution in [3.63, 3.8) is 0 Å². The van der Waals surface area contributed by atoms with Crippen LogP contribution in [0.15, 0.2) is 10.7 Å². The lowest BCUT2D eigenvalue weighted by Crippen LogP contribution is -2.24. The molecular weight excluding hydrogens is 224 g/mol. The first-order chi connectivity index (χ1) is 8.15. The molecule has 0 spiro atoms. The molecule has 6 nitrogen and oxygen atoms in total. The molecular formula is C11H16N2O4. The number of methoxy groups -OCH3 is 1. The minimum atomic E-state index is -0.230. The first kappa shape index (κ1) is 13.2. The first-order valence-electron chi connectivity index (χ1n) is 5.41. The third-order valence-electron chi connectivity index (χ3n) is 2.32. The summed E-state index contributed by atoms with van der Waals surface area (Å²) in [7, 11) is 1.36. The molecule has 1 rings (SSSR count). The van der Waals surface area contributed by atoms with E-state index in [-0.39, 0.29) is 11.9 Å². The molecule has 0 saturated heterocycles. The molecule has 6 heteroatoms. The van der Waals surface area contributed by atoms with Crippen molar-refractivity contribution in [1.29, 1.82) is 0 Å². The van der Waals surface area contributed by atoms with Crippen molar-refractivity contribution in [3.8, 4) is 0 Å². The molecule has 1 amide bonds. The Bertz CT molecular complexity index is 387. The van der Waals surface area contributed by atoms with E-state index < -0.39 is 0 Å². The number of nitrogens with zero attached hydrogens (tertiary/aromatic N) is 1. The van der Waals surface area contributed by atoms with Crippen LogP contribution in [0.25, 0.3) is 0 Å². The fourth-order valence-electron chi connectivity index (χ4n) is 1.31. The Morgan fingerprint density at radius 2 is 2.24 bits per heavy atom. The average Bonchev–Trinajstić information content (AvgIpc) is 2.74. The zero-order valence-electron chi connectivity index (χ0n) is 9.99. The number of carbonyl (C=O) groups is 2. The summed E-state index contributed by atoms with van der Waals surface area (Å²) in [5, 5.41) is 6.25. The molecule has 1 N–H and O–H groups in total. The molecule has 0 bridgehead atoms. The summed E-state index contributed by atoms with van der Waals surface area (Å²) < 4.78 is 9.29. The third-order valence-corrected chi connectivity index (χ3v) is 2.32. The Morgan fingerprint density at radius 1 is 1.47 bits per heavy atom. The fourth-order valence-corrected chi connectivity index (χ4v) is 1.31. The third kappa shape index (κ3) is 4.26. The van der Waals surface area contributed by atoms with Gasteiger partial charge >= 0.3 is 5.97 Å². The van der Waals surface area contributed by atoms with E-state index in [4.69, 9.17) is 4.52 Å². The zero-order valence-corrected chi connectivity index (χ0v) is 9.99.